The van der Waals surface area contributed by atoms with Crippen LogP contribution in [0.5, 0.6) is 5.75 Å². The van der Waals surface area contributed by atoms with Gasteiger partial charge in [0.15, 0.2) is 0 Å². The zero-order valence-electron chi connectivity index (χ0n) is 14.3. The molecule has 0 heterocycles. The zero-order valence-corrected chi connectivity index (χ0v) is 14.3. The summed E-state index contributed by atoms with van der Waals surface area (Å²) in [5, 5.41) is 34.4. The van der Waals surface area contributed by atoms with Crippen molar-refractivity contribution in [1.82, 2.24) is 16.0 Å². The first-order valence-electron chi connectivity index (χ1n) is 7.94. The van der Waals surface area contributed by atoms with Crippen LogP contribution in [-0.2, 0) is 25.6 Å². The Morgan fingerprint density at radius 3 is 2.15 bits per heavy atom. The second-order valence-corrected chi connectivity index (χ2v) is 5.55. The van der Waals surface area contributed by atoms with Crippen molar-refractivity contribution in [2.45, 2.75) is 18.5 Å². The molecule has 0 fully saturated rings. The van der Waals surface area contributed by atoms with Crippen LogP contribution in [0.4, 0.5) is 0 Å². The van der Waals surface area contributed by atoms with E-state index in [9.17, 15) is 34.5 Å². The highest BCUT2D eigenvalue weighted by molar-refractivity contribution is 5.92. The third-order valence-electron chi connectivity index (χ3n) is 3.46. The third kappa shape index (κ3) is 7.71. The second kappa shape index (κ2) is 10.7. The molecule has 0 aliphatic carbocycles. The molecular weight excluding hydrogens is 360 g/mol. The molecule has 0 saturated heterocycles. The Morgan fingerprint density at radius 1 is 1.00 bits per heavy atom. The van der Waals surface area contributed by atoms with Gasteiger partial charge in [-0.15, -0.1) is 0 Å². The van der Waals surface area contributed by atoms with Crippen molar-refractivity contribution < 1.29 is 34.5 Å². The molecule has 1 rings (SSSR count). The van der Waals surface area contributed by atoms with Crippen molar-refractivity contribution >= 4 is 23.7 Å². The maximum absolute atomic E-state index is 12.2. The van der Waals surface area contributed by atoms with E-state index in [1.165, 1.54) is 24.3 Å². The number of rotatable bonds is 10. The fourth-order valence-electron chi connectivity index (χ4n) is 2.03. The van der Waals surface area contributed by atoms with Gasteiger partial charge in [0.1, 0.15) is 17.8 Å². The van der Waals surface area contributed by atoms with E-state index in [0.717, 1.165) is 0 Å². The molecule has 148 valence electrons. The van der Waals surface area contributed by atoms with Crippen LogP contribution in [0.2, 0.25) is 0 Å². The fourth-order valence-corrected chi connectivity index (χ4v) is 2.03. The highest BCUT2D eigenvalue weighted by atomic mass is 16.4. The molecule has 3 amide bonds. The predicted octanol–water partition coefficient (Wildman–Crippen LogP) is -2.94. The normalized spacial score (nSPS) is 12.5. The minimum absolute atomic E-state index is 0.0134. The highest BCUT2D eigenvalue weighted by Gasteiger charge is 2.26. The van der Waals surface area contributed by atoms with Crippen molar-refractivity contribution in [3.8, 4) is 5.75 Å². The summed E-state index contributed by atoms with van der Waals surface area (Å²) in [5.41, 5.74) is 5.62. The number of benzene rings is 1. The van der Waals surface area contributed by atoms with Gasteiger partial charge in [0.2, 0.25) is 17.7 Å². The smallest absolute Gasteiger partial charge is 0.326 e. The Hall–Kier alpha value is -3.18. The van der Waals surface area contributed by atoms with Gasteiger partial charge in [0.05, 0.1) is 19.7 Å². The maximum Gasteiger partial charge on any atom is 0.326 e. The van der Waals surface area contributed by atoms with Gasteiger partial charge in [-0.05, 0) is 17.7 Å². The van der Waals surface area contributed by atoms with Crippen LogP contribution in [0, 0.1) is 0 Å². The van der Waals surface area contributed by atoms with E-state index in [4.69, 9.17) is 5.73 Å². The molecule has 0 unspecified atom stereocenters. The van der Waals surface area contributed by atoms with Crippen molar-refractivity contribution in [3.05, 3.63) is 29.8 Å². The molecule has 0 aromatic heterocycles. The van der Waals surface area contributed by atoms with Crippen LogP contribution in [0.3, 0.4) is 0 Å². The summed E-state index contributed by atoms with van der Waals surface area (Å²) in [4.78, 5) is 46.2. The summed E-state index contributed by atoms with van der Waals surface area (Å²) in [6, 6.07) is 3.05. The number of carboxylic acids is 1. The van der Waals surface area contributed by atoms with E-state index in [1.54, 1.807) is 0 Å². The monoisotopic (exact) mass is 382 g/mol. The Labute approximate surface area is 154 Å². The minimum atomic E-state index is -1.39. The Balaban J connectivity index is 2.66. The average molecular weight is 382 g/mol. The van der Waals surface area contributed by atoms with Crippen molar-refractivity contribution in [2.24, 2.45) is 5.73 Å². The lowest BCUT2D eigenvalue weighted by Gasteiger charge is -2.20. The first kappa shape index (κ1) is 21.9. The lowest BCUT2D eigenvalue weighted by atomic mass is 10.1. The number of carbonyl (C=O) groups is 4. The summed E-state index contributed by atoms with van der Waals surface area (Å²) in [7, 11) is 0. The van der Waals surface area contributed by atoms with Gasteiger partial charge >= 0.3 is 5.97 Å². The number of aliphatic hydroxyl groups is 1. The number of hydrogen-bond acceptors (Lipinski definition) is 7. The number of carbonyl (C=O) groups excluding carboxylic acids is 3. The number of amides is 3. The standard InChI is InChI=1S/C16H22N4O7/c17-6-13(23)18-7-14(24)19-12(8-21)15(25)20-11(16(26)27)5-9-1-3-10(22)4-2-9/h1-4,11-12,21-22H,5-8,17H2,(H,18,23)(H,19,24)(H,20,25)(H,26,27)/t11-,12+/m0/s1. The highest BCUT2D eigenvalue weighted by Crippen LogP contribution is 2.11. The fraction of sp³-hybridized carbons (Fsp3) is 0.375. The zero-order chi connectivity index (χ0) is 20.4. The number of nitrogens with one attached hydrogen (secondary N) is 3. The molecule has 2 atom stereocenters. The topological polar surface area (TPSA) is 191 Å². The number of carboxylic acid groups (broad SMARTS) is 1. The van der Waals surface area contributed by atoms with E-state index in [2.05, 4.69) is 16.0 Å². The number of phenols is 1. The van der Waals surface area contributed by atoms with Crippen molar-refractivity contribution in [3.63, 3.8) is 0 Å². The quantitative estimate of drug-likeness (QED) is 0.223. The predicted molar refractivity (Wildman–Crippen MR) is 92.5 cm³/mol. The summed E-state index contributed by atoms with van der Waals surface area (Å²) in [6.45, 7) is -1.53. The molecule has 11 heteroatoms. The molecule has 1 aromatic rings. The molecule has 0 spiro atoms. The number of aromatic hydroxyl groups is 1. The molecule has 1 aromatic carbocycles. The largest absolute Gasteiger partial charge is 0.508 e. The second-order valence-electron chi connectivity index (χ2n) is 5.55. The van der Waals surface area contributed by atoms with Crippen LogP contribution in [-0.4, -0.2) is 70.8 Å². The first-order valence-corrected chi connectivity index (χ1v) is 7.94. The molecular formula is C16H22N4O7. The summed E-state index contributed by atoms with van der Waals surface area (Å²) in [5.74, 6) is -3.53. The van der Waals surface area contributed by atoms with Gasteiger partial charge in [-0.2, -0.15) is 0 Å². The summed E-state index contributed by atoms with van der Waals surface area (Å²) >= 11 is 0. The Kier molecular flexibility index (Phi) is 8.69. The lowest BCUT2D eigenvalue weighted by Crippen LogP contribution is -2.55. The lowest BCUT2D eigenvalue weighted by molar-refractivity contribution is -0.142. The van der Waals surface area contributed by atoms with Crippen LogP contribution < -0.4 is 21.7 Å². The number of phenolic OH excluding ortho intramolecular Hbond substituents is 1. The first-order chi connectivity index (χ1) is 12.8. The van der Waals surface area contributed by atoms with Gasteiger partial charge in [0.25, 0.3) is 0 Å². The van der Waals surface area contributed by atoms with E-state index in [-0.39, 0.29) is 18.7 Å². The van der Waals surface area contributed by atoms with E-state index >= 15 is 0 Å². The number of nitrogens with two attached hydrogens (primary N) is 1. The third-order valence-corrected chi connectivity index (χ3v) is 3.46. The minimum Gasteiger partial charge on any atom is -0.508 e. The average Bonchev–Trinajstić information content (AvgIpc) is 2.64. The molecule has 0 aliphatic heterocycles. The van der Waals surface area contributed by atoms with Crippen molar-refractivity contribution in [1.29, 1.82) is 0 Å². The SMILES string of the molecule is NCC(=O)NCC(=O)N[C@H](CO)C(=O)N[C@@H](Cc1ccc(O)cc1)C(=O)O. The molecule has 0 radical (unpaired) electrons. The summed E-state index contributed by atoms with van der Waals surface area (Å²) in [6.07, 6.45) is -0.0694. The van der Waals surface area contributed by atoms with Crippen LogP contribution in [0.1, 0.15) is 5.56 Å². The Morgan fingerprint density at radius 2 is 1.63 bits per heavy atom. The summed E-state index contributed by atoms with van der Waals surface area (Å²) < 4.78 is 0. The molecule has 0 aliphatic rings. The molecule has 27 heavy (non-hydrogen) atoms. The van der Waals surface area contributed by atoms with Crippen LogP contribution in [0.15, 0.2) is 24.3 Å². The van der Waals surface area contributed by atoms with Gasteiger partial charge in [-0.25, -0.2) is 4.79 Å². The van der Waals surface area contributed by atoms with E-state index in [1.807, 2.05) is 0 Å². The Bertz CT molecular complexity index is 678. The van der Waals surface area contributed by atoms with Crippen LogP contribution >= 0.6 is 0 Å². The maximum atomic E-state index is 12.2. The molecule has 11 nitrogen and oxygen atoms in total. The molecule has 0 bridgehead atoms. The van der Waals surface area contributed by atoms with Crippen LogP contribution in [0.25, 0.3) is 0 Å². The van der Waals surface area contributed by atoms with Gasteiger partial charge in [-0.3, -0.25) is 14.4 Å². The number of aliphatic hydroxyl groups excluding tert-OH is 1. The van der Waals surface area contributed by atoms with Crippen molar-refractivity contribution in [2.75, 3.05) is 19.7 Å². The number of aliphatic carboxylic acids is 1. The van der Waals surface area contributed by atoms with Gasteiger partial charge in [-0.1, -0.05) is 12.1 Å². The number of hydrogen-bond donors (Lipinski definition) is 7. The van der Waals surface area contributed by atoms with Gasteiger partial charge in [0, 0.05) is 6.42 Å². The molecule has 0 saturated carbocycles. The molecule has 8 N–H and O–H groups in total. The van der Waals surface area contributed by atoms with E-state index in [0.29, 0.717) is 5.56 Å². The van der Waals surface area contributed by atoms with Gasteiger partial charge < -0.3 is 37.0 Å². The van der Waals surface area contributed by atoms with E-state index < -0.39 is 48.9 Å².